The number of hydrogen-bond acceptors (Lipinski definition) is 3. The fraction of sp³-hybridized carbons (Fsp3) is 0.786. The van der Waals surface area contributed by atoms with Gasteiger partial charge in [-0.3, -0.25) is 4.68 Å². The van der Waals surface area contributed by atoms with Crippen molar-refractivity contribution in [2.24, 2.45) is 0 Å². The summed E-state index contributed by atoms with van der Waals surface area (Å²) in [6.45, 7) is 3.22. The van der Waals surface area contributed by atoms with Crippen molar-refractivity contribution in [3.63, 3.8) is 0 Å². The van der Waals surface area contributed by atoms with Crippen LogP contribution in [0.3, 0.4) is 0 Å². The highest BCUT2D eigenvalue weighted by Gasteiger charge is 2.17. The number of halogens is 1. The maximum atomic E-state index is 5.53. The Labute approximate surface area is 120 Å². The van der Waals surface area contributed by atoms with Gasteiger partial charge in [0.15, 0.2) is 0 Å². The van der Waals surface area contributed by atoms with Crippen LogP contribution in [-0.4, -0.2) is 35.4 Å². The lowest BCUT2D eigenvalue weighted by Crippen LogP contribution is -2.17. The number of hydrogen-bond donors (Lipinski definition) is 1. The quantitative estimate of drug-likeness (QED) is 0.560. The second-order valence-corrected chi connectivity index (χ2v) is 5.44. The first kappa shape index (κ1) is 14.8. The summed E-state index contributed by atoms with van der Waals surface area (Å²) >= 11 is 5.53. The van der Waals surface area contributed by atoms with E-state index in [-0.39, 0.29) is 0 Å². The van der Waals surface area contributed by atoms with Gasteiger partial charge in [0.2, 0.25) is 0 Å². The van der Waals surface area contributed by atoms with Crippen molar-refractivity contribution in [1.29, 1.82) is 0 Å². The van der Waals surface area contributed by atoms with E-state index in [1.807, 2.05) is 0 Å². The van der Waals surface area contributed by atoms with Crippen molar-refractivity contribution in [3.05, 3.63) is 18.0 Å². The topological polar surface area (TPSA) is 39.1 Å². The van der Waals surface area contributed by atoms with E-state index in [0.29, 0.717) is 18.5 Å². The molecule has 1 aromatic rings. The highest BCUT2D eigenvalue weighted by molar-refractivity contribution is 6.17. The predicted molar refractivity (Wildman–Crippen MR) is 77.6 cm³/mol. The molecule has 0 saturated heterocycles. The van der Waals surface area contributed by atoms with Crippen LogP contribution in [0, 0.1) is 0 Å². The van der Waals surface area contributed by atoms with Crippen LogP contribution in [0.15, 0.2) is 12.3 Å². The molecule has 2 rings (SSSR count). The van der Waals surface area contributed by atoms with Crippen molar-refractivity contribution in [2.75, 3.05) is 25.6 Å². The molecule has 0 atom stereocenters. The molecule has 0 amide bonds. The molecule has 0 aromatic carbocycles. The molecule has 1 fully saturated rings. The average molecular weight is 286 g/mol. The molecule has 1 heterocycles. The highest BCUT2D eigenvalue weighted by atomic mass is 35.5. The molecule has 5 heteroatoms. The van der Waals surface area contributed by atoms with Gasteiger partial charge in [-0.25, -0.2) is 0 Å². The molecule has 1 N–H and O–H groups in total. The normalized spacial score (nSPS) is 16.3. The first-order valence-corrected chi connectivity index (χ1v) is 7.82. The smallest absolute Gasteiger partial charge is 0.0762 e. The summed E-state index contributed by atoms with van der Waals surface area (Å²) in [6, 6.07) is 2.76. The minimum Gasteiger partial charge on any atom is -0.380 e. The molecule has 0 spiro atoms. The zero-order valence-electron chi connectivity index (χ0n) is 11.5. The average Bonchev–Trinajstić information content (AvgIpc) is 3.08. The standard InChI is InChI=1S/C14H24ClN3O/c15-7-11-19-10-3-8-16-12-13-6-9-18(17-13)14-4-1-2-5-14/h6,9,14,16H,1-5,7-8,10-12H2. The molecule has 1 aliphatic carbocycles. The van der Waals surface area contributed by atoms with E-state index in [0.717, 1.165) is 31.8 Å². The Morgan fingerprint density at radius 1 is 1.37 bits per heavy atom. The molecular weight excluding hydrogens is 262 g/mol. The van der Waals surface area contributed by atoms with Gasteiger partial charge in [-0.2, -0.15) is 5.10 Å². The Balaban J connectivity index is 1.58. The van der Waals surface area contributed by atoms with Crippen LogP contribution in [-0.2, 0) is 11.3 Å². The summed E-state index contributed by atoms with van der Waals surface area (Å²) in [5.74, 6) is 0.575. The van der Waals surface area contributed by atoms with Gasteiger partial charge < -0.3 is 10.1 Å². The van der Waals surface area contributed by atoms with Crippen molar-refractivity contribution in [1.82, 2.24) is 15.1 Å². The number of nitrogens with zero attached hydrogens (tertiary/aromatic N) is 2. The van der Waals surface area contributed by atoms with Crippen LogP contribution >= 0.6 is 11.6 Å². The van der Waals surface area contributed by atoms with Gasteiger partial charge in [0.1, 0.15) is 0 Å². The first-order valence-electron chi connectivity index (χ1n) is 7.28. The summed E-state index contributed by atoms with van der Waals surface area (Å²) in [5.41, 5.74) is 1.13. The van der Waals surface area contributed by atoms with Crippen molar-refractivity contribution in [2.45, 2.75) is 44.7 Å². The maximum Gasteiger partial charge on any atom is 0.0762 e. The molecule has 108 valence electrons. The monoisotopic (exact) mass is 285 g/mol. The van der Waals surface area contributed by atoms with Gasteiger partial charge in [-0.1, -0.05) is 12.8 Å². The molecule has 0 unspecified atom stereocenters. The van der Waals surface area contributed by atoms with E-state index >= 15 is 0 Å². The molecule has 1 aliphatic rings. The summed E-state index contributed by atoms with van der Waals surface area (Å²) in [7, 11) is 0. The summed E-state index contributed by atoms with van der Waals surface area (Å²) in [6.07, 6.45) is 8.40. The van der Waals surface area contributed by atoms with E-state index < -0.39 is 0 Å². The fourth-order valence-corrected chi connectivity index (χ4v) is 2.63. The molecule has 0 aliphatic heterocycles. The van der Waals surface area contributed by atoms with Crippen LogP contribution in [0.25, 0.3) is 0 Å². The van der Waals surface area contributed by atoms with Crippen LogP contribution in [0.5, 0.6) is 0 Å². The third-order valence-corrected chi connectivity index (χ3v) is 3.69. The number of aromatic nitrogens is 2. The number of ether oxygens (including phenoxy) is 1. The van der Waals surface area contributed by atoms with Gasteiger partial charge >= 0.3 is 0 Å². The third-order valence-electron chi connectivity index (χ3n) is 3.53. The van der Waals surface area contributed by atoms with Crippen molar-refractivity contribution < 1.29 is 4.74 Å². The molecule has 0 radical (unpaired) electrons. The van der Waals surface area contributed by atoms with Crippen LogP contribution in [0.2, 0.25) is 0 Å². The van der Waals surface area contributed by atoms with Crippen molar-refractivity contribution in [3.8, 4) is 0 Å². The minimum absolute atomic E-state index is 0.575. The Hall–Kier alpha value is -0.580. The van der Waals surface area contributed by atoms with Gasteiger partial charge in [0.25, 0.3) is 0 Å². The summed E-state index contributed by atoms with van der Waals surface area (Å²) in [4.78, 5) is 0. The molecule has 1 saturated carbocycles. The third kappa shape index (κ3) is 5.13. The number of nitrogens with one attached hydrogen (secondary N) is 1. The Morgan fingerprint density at radius 3 is 3.00 bits per heavy atom. The Bertz CT molecular complexity index is 350. The molecule has 4 nitrogen and oxygen atoms in total. The van der Waals surface area contributed by atoms with Gasteiger partial charge in [-0.15, -0.1) is 11.6 Å². The van der Waals surface area contributed by atoms with Crippen molar-refractivity contribution >= 4 is 11.6 Å². The fourth-order valence-electron chi connectivity index (χ4n) is 2.52. The van der Waals surface area contributed by atoms with E-state index in [4.69, 9.17) is 16.3 Å². The summed E-state index contributed by atoms with van der Waals surface area (Å²) < 4.78 is 7.46. The second-order valence-electron chi connectivity index (χ2n) is 5.06. The maximum absolute atomic E-state index is 5.53. The van der Waals surface area contributed by atoms with Gasteiger partial charge in [0, 0.05) is 25.2 Å². The van der Waals surface area contributed by atoms with Gasteiger partial charge in [0.05, 0.1) is 18.3 Å². The SMILES string of the molecule is ClCCOCCCNCc1ccn(C2CCCC2)n1. The van der Waals surface area contributed by atoms with Crippen LogP contribution < -0.4 is 5.32 Å². The molecule has 19 heavy (non-hydrogen) atoms. The van der Waals surface area contributed by atoms with Gasteiger partial charge in [-0.05, 0) is 31.9 Å². The number of alkyl halides is 1. The second kappa shape index (κ2) is 8.56. The zero-order valence-corrected chi connectivity index (χ0v) is 12.2. The van der Waals surface area contributed by atoms with Crippen LogP contribution in [0.1, 0.15) is 43.8 Å². The Morgan fingerprint density at radius 2 is 2.21 bits per heavy atom. The van der Waals surface area contributed by atoms with E-state index in [2.05, 4.69) is 27.4 Å². The number of rotatable bonds is 9. The lowest BCUT2D eigenvalue weighted by atomic mass is 10.3. The minimum atomic E-state index is 0.575. The van der Waals surface area contributed by atoms with Crippen LogP contribution in [0.4, 0.5) is 0 Å². The van der Waals surface area contributed by atoms with E-state index in [1.54, 1.807) is 0 Å². The van der Waals surface area contributed by atoms with E-state index in [1.165, 1.54) is 25.7 Å². The molecular formula is C14H24ClN3O. The van der Waals surface area contributed by atoms with E-state index in [9.17, 15) is 0 Å². The Kier molecular flexibility index (Phi) is 6.68. The lowest BCUT2D eigenvalue weighted by Gasteiger charge is -2.09. The zero-order chi connectivity index (χ0) is 13.3. The summed E-state index contributed by atoms with van der Waals surface area (Å²) in [5, 5.41) is 8.04. The molecule has 1 aromatic heterocycles. The first-order chi connectivity index (χ1) is 9.40. The highest BCUT2D eigenvalue weighted by Crippen LogP contribution is 2.28. The largest absolute Gasteiger partial charge is 0.380 e. The lowest BCUT2D eigenvalue weighted by molar-refractivity contribution is 0.146. The molecule has 0 bridgehead atoms. The predicted octanol–water partition coefficient (Wildman–Crippen LogP) is 2.73.